The minimum atomic E-state index is -0.253. The van der Waals surface area contributed by atoms with Crippen LogP contribution in [0, 0.1) is 0 Å². The van der Waals surface area contributed by atoms with Crippen molar-refractivity contribution in [2.75, 3.05) is 0 Å². The molecule has 2 nitrogen and oxygen atoms in total. The Kier molecular flexibility index (Phi) is 2.60. The molecule has 12 heavy (non-hydrogen) atoms. The minimum absolute atomic E-state index is 0.0179. The zero-order valence-electron chi connectivity index (χ0n) is 6.27. The van der Waals surface area contributed by atoms with Crippen LogP contribution in [-0.4, -0.2) is 10.9 Å². The molecule has 0 amide bonds. The van der Waals surface area contributed by atoms with Crippen molar-refractivity contribution in [1.82, 2.24) is 0 Å². The zero-order chi connectivity index (χ0) is 9.30. The molecule has 0 unspecified atom stereocenters. The average molecular weight is 205 g/mol. The van der Waals surface area contributed by atoms with E-state index in [1.54, 1.807) is 0 Å². The highest BCUT2D eigenvalue weighted by molar-refractivity contribution is 6.43. The topological polar surface area (TPSA) is 37.3 Å². The molecule has 0 heterocycles. The molecule has 0 aliphatic heterocycles. The van der Waals surface area contributed by atoms with Gasteiger partial charge in [0.2, 0.25) is 0 Å². The fourth-order valence-electron chi connectivity index (χ4n) is 0.824. The van der Waals surface area contributed by atoms with Crippen LogP contribution >= 0.6 is 23.2 Å². The summed E-state index contributed by atoms with van der Waals surface area (Å²) >= 11 is 11.2. The summed E-state index contributed by atoms with van der Waals surface area (Å²) in [6, 6.07) is 2.91. The van der Waals surface area contributed by atoms with Gasteiger partial charge in [0.15, 0.2) is 5.78 Å². The zero-order valence-corrected chi connectivity index (χ0v) is 7.78. The maximum absolute atomic E-state index is 10.9. The Hall–Kier alpha value is -0.730. The van der Waals surface area contributed by atoms with E-state index in [1.165, 1.54) is 19.1 Å². The first-order chi connectivity index (χ1) is 5.54. The van der Waals surface area contributed by atoms with Gasteiger partial charge in [-0.25, -0.2) is 0 Å². The van der Waals surface area contributed by atoms with E-state index < -0.39 is 0 Å². The van der Waals surface area contributed by atoms with E-state index in [0.717, 1.165) is 0 Å². The van der Waals surface area contributed by atoms with Crippen LogP contribution in [-0.2, 0) is 0 Å². The summed E-state index contributed by atoms with van der Waals surface area (Å²) in [5.74, 6) is -0.497. The Bertz CT molecular complexity index is 334. The predicted octanol–water partition coefficient (Wildman–Crippen LogP) is 2.90. The van der Waals surface area contributed by atoms with Gasteiger partial charge >= 0.3 is 0 Å². The number of carbonyl (C=O) groups excluding carboxylic acids is 1. The van der Waals surface area contributed by atoms with Gasteiger partial charge in [0.25, 0.3) is 0 Å². The van der Waals surface area contributed by atoms with E-state index in [4.69, 9.17) is 23.2 Å². The number of phenolic OH excluding ortho intramolecular Hbond substituents is 1. The van der Waals surface area contributed by atoms with Crippen LogP contribution < -0.4 is 0 Å². The lowest BCUT2D eigenvalue weighted by Crippen LogP contribution is -1.92. The van der Waals surface area contributed by atoms with Gasteiger partial charge < -0.3 is 5.11 Å². The first kappa shape index (κ1) is 9.36. The Labute approximate surface area is 79.7 Å². The number of Topliss-reactive ketones (excluding diaryl/α,β-unsaturated/α-hetero) is 1. The smallest absolute Gasteiger partial charge is 0.163 e. The maximum atomic E-state index is 10.9. The second-order valence-corrected chi connectivity index (χ2v) is 3.10. The number of carbonyl (C=O) groups is 1. The van der Waals surface area contributed by atoms with Gasteiger partial charge in [-0.15, -0.1) is 0 Å². The standard InChI is InChI=1S/C8H6Cl2O2/c1-4(11)5-2-3-6(9)7(10)8(5)12/h2-3,12H,1H3. The van der Waals surface area contributed by atoms with E-state index in [0.29, 0.717) is 0 Å². The first-order valence-corrected chi connectivity index (χ1v) is 3.97. The van der Waals surface area contributed by atoms with Gasteiger partial charge in [0.1, 0.15) is 10.8 Å². The Morgan fingerprint density at radius 3 is 2.50 bits per heavy atom. The third-order valence-electron chi connectivity index (χ3n) is 1.45. The van der Waals surface area contributed by atoms with Crippen LogP contribution in [0.15, 0.2) is 12.1 Å². The molecule has 64 valence electrons. The molecule has 1 rings (SSSR count). The highest BCUT2D eigenvalue weighted by Gasteiger charge is 2.11. The van der Waals surface area contributed by atoms with Gasteiger partial charge in [-0.1, -0.05) is 23.2 Å². The monoisotopic (exact) mass is 204 g/mol. The summed E-state index contributed by atoms with van der Waals surface area (Å²) in [5, 5.41) is 9.56. The van der Waals surface area contributed by atoms with Gasteiger partial charge in [0, 0.05) is 0 Å². The van der Waals surface area contributed by atoms with Crippen LogP contribution in [0.25, 0.3) is 0 Å². The van der Waals surface area contributed by atoms with Gasteiger partial charge in [0.05, 0.1) is 10.6 Å². The van der Waals surface area contributed by atoms with Crippen LogP contribution in [0.2, 0.25) is 10.0 Å². The van der Waals surface area contributed by atoms with Crippen molar-refractivity contribution in [1.29, 1.82) is 0 Å². The molecule has 0 aromatic heterocycles. The van der Waals surface area contributed by atoms with Crippen LogP contribution in [0.5, 0.6) is 5.75 Å². The lowest BCUT2D eigenvalue weighted by molar-refractivity contribution is 0.101. The molecular weight excluding hydrogens is 199 g/mol. The summed E-state index contributed by atoms with van der Waals surface area (Å²) < 4.78 is 0. The van der Waals surface area contributed by atoms with E-state index in [2.05, 4.69) is 0 Å². The molecule has 1 N–H and O–H groups in total. The molecule has 0 atom stereocenters. The van der Waals surface area contributed by atoms with Crippen molar-refractivity contribution in [3.05, 3.63) is 27.7 Å². The summed E-state index contributed by atoms with van der Waals surface area (Å²) in [6.07, 6.45) is 0. The minimum Gasteiger partial charge on any atom is -0.506 e. The van der Waals surface area contributed by atoms with Gasteiger partial charge in [-0.05, 0) is 19.1 Å². The largest absolute Gasteiger partial charge is 0.506 e. The van der Waals surface area contributed by atoms with Crippen molar-refractivity contribution < 1.29 is 9.90 Å². The number of halogens is 2. The van der Waals surface area contributed by atoms with Crippen molar-refractivity contribution in [3.8, 4) is 5.75 Å². The lowest BCUT2D eigenvalue weighted by atomic mass is 10.1. The van der Waals surface area contributed by atoms with E-state index in [1.807, 2.05) is 0 Å². The highest BCUT2D eigenvalue weighted by atomic mass is 35.5. The third-order valence-corrected chi connectivity index (χ3v) is 2.24. The quantitative estimate of drug-likeness (QED) is 0.715. The molecule has 0 radical (unpaired) electrons. The van der Waals surface area contributed by atoms with Crippen molar-refractivity contribution in [2.24, 2.45) is 0 Å². The number of benzene rings is 1. The molecular formula is C8H6Cl2O2. The number of hydrogen-bond acceptors (Lipinski definition) is 2. The van der Waals surface area contributed by atoms with Gasteiger partial charge in [-0.2, -0.15) is 0 Å². The van der Waals surface area contributed by atoms with Crippen molar-refractivity contribution in [2.45, 2.75) is 6.92 Å². The van der Waals surface area contributed by atoms with E-state index >= 15 is 0 Å². The summed E-state index contributed by atoms with van der Waals surface area (Å²) in [5.41, 5.74) is 0.185. The highest BCUT2D eigenvalue weighted by Crippen LogP contribution is 2.33. The summed E-state index contributed by atoms with van der Waals surface area (Å²) in [6.45, 7) is 1.35. The Morgan fingerprint density at radius 1 is 1.42 bits per heavy atom. The second kappa shape index (κ2) is 3.33. The molecule has 0 bridgehead atoms. The fraction of sp³-hybridized carbons (Fsp3) is 0.125. The number of aromatic hydroxyl groups is 1. The molecule has 0 aliphatic rings. The molecule has 1 aromatic carbocycles. The predicted molar refractivity (Wildman–Crippen MR) is 48.1 cm³/mol. The van der Waals surface area contributed by atoms with Crippen LogP contribution in [0.1, 0.15) is 17.3 Å². The van der Waals surface area contributed by atoms with Crippen LogP contribution in [0.4, 0.5) is 0 Å². The molecule has 0 aliphatic carbocycles. The van der Waals surface area contributed by atoms with Crippen molar-refractivity contribution in [3.63, 3.8) is 0 Å². The molecule has 0 fully saturated rings. The van der Waals surface area contributed by atoms with E-state index in [-0.39, 0.29) is 27.1 Å². The number of phenols is 1. The third kappa shape index (κ3) is 1.54. The SMILES string of the molecule is CC(=O)c1ccc(Cl)c(Cl)c1O. The summed E-state index contributed by atoms with van der Waals surface area (Å²) in [4.78, 5) is 10.9. The Morgan fingerprint density at radius 2 is 2.00 bits per heavy atom. The lowest BCUT2D eigenvalue weighted by Gasteiger charge is -2.03. The van der Waals surface area contributed by atoms with Gasteiger partial charge in [-0.3, -0.25) is 4.79 Å². The molecule has 0 spiro atoms. The fourth-order valence-corrected chi connectivity index (χ4v) is 1.14. The summed E-state index contributed by atoms with van der Waals surface area (Å²) in [7, 11) is 0. The van der Waals surface area contributed by atoms with Crippen molar-refractivity contribution >= 4 is 29.0 Å². The normalized spacial score (nSPS) is 9.92. The molecule has 1 aromatic rings. The molecule has 4 heteroatoms. The Balaban J connectivity index is 3.36. The second-order valence-electron chi connectivity index (χ2n) is 2.31. The number of rotatable bonds is 1. The molecule has 0 saturated carbocycles. The molecule has 0 saturated heterocycles. The first-order valence-electron chi connectivity index (χ1n) is 3.22. The number of ketones is 1. The van der Waals surface area contributed by atoms with Crippen LogP contribution in [0.3, 0.4) is 0 Å². The maximum Gasteiger partial charge on any atom is 0.163 e. The average Bonchev–Trinajstić information content (AvgIpc) is 2.00. The number of hydrogen-bond donors (Lipinski definition) is 1. The van der Waals surface area contributed by atoms with E-state index in [9.17, 15) is 9.90 Å².